The van der Waals surface area contributed by atoms with Gasteiger partial charge in [0.1, 0.15) is 0 Å². The van der Waals surface area contributed by atoms with Crippen molar-refractivity contribution in [3.63, 3.8) is 0 Å². The minimum atomic E-state index is 1.21. The van der Waals surface area contributed by atoms with Crippen molar-refractivity contribution in [1.82, 2.24) is 4.98 Å². The molecule has 0 saturated carbocycles. The van der Waals surface area contributed by atoms with Crippen LogP contribution in [-0.4, -0.2) is 4.98 Å². The molecule has 0 aliphatic carbocycles. The number of hydrogen-bond donors (Lipinski definition) is 0. The topological polar surface area (TPSA) is 12.9 Å². The van der Waals surface area contributed by atoms with Crippen LogP contribution in [0.3, 0.4) is 0 Å². The summed E-state index contributed by atoms with van der Waals surface area (Å²) in [5.41, 5.74) is 2.53. The highest BCUT2D eigenvalue weighted by molar-refractivity contribution is 5.11. The van der Waals surface area contributed by atoms with Gasteiger partial charge >= 0.3 is 0 Å². The summed E-state index contributed by atoms with van der Waals surface area (Å²) in [5.74, 6) is 0. The largest absolute Gasteiger partial charge is 0.264 e. The molecule has 1 heteroatoms. The number of rotatable bonds is 0. The van der Waals surface area contributed by atoms with Gasteiger partial charge in [-0.3, -0.25) is 4.98 Å². The second-order valence-electron chi connectivity index (χ2n) is 3.19. The summed E-state index contributed by atoms with van der Waals surface area (Å²) in [5, 5.41) is 0. The molecule has 0 atom stereocenters. The maximum Gasteiger partial charge on any atom is 0.0297 e. The highest BCUT2D eigenvalue weighted by Crippen LogP contribution is 1.92. The molecule has 0 N–H and O–H groups in total. The predicted octanol–water partition coefficient (Wildman–Crippen LogP) is 10.6. The van der Waals surface area contributed by atoms with Gasteiger partial charge in [-0.1, -0.05) is 139 Å². The molecule has 0 aliphatic rings. The van der Waals surface area contributed by atoms with Crippen LogP contribution < -0.4 is 0 Å². The Bertz CT molecular complexity index is 304. The van der Waals surface area contributed by atoms with Gasteiger partial charge in [-0.15, -0.1) is 0 Å². The van der Waals surface area contributed by atoms with Crippen LogP contribution in [0.5, 0.6) is 0 Å². The minimum Gasteiger partial charge on any atom is -0.264 e. The van der Waals surface area contributed by atoms with Gasteiger partial charge < -0.3 is 0 Å². The summed E-state index contributed by atoms with van der Waals surface area (Å²) in [6, 6.07) is 14.2. The zero-order chi connectivity index (χ0) is 24.2. The predicted molar refractivity (Wildman–Crippen MR) is 140 cm³/mol. The number of benzene rings is 1. The Balaban J connectivity index is -0.0000000393. The van der Waals surface area contributed by atoms with Crippen molar-refractivity contribution in [2.45, 2.75) is 111 Å². The minimum absolute atomic E-state index is 1.21. The Morgan fingerprint density at radius 1 is 0.429 bits per heavy atom. The monoisotopic (exact) mass is 395 g/mol. The summed E-state index contributed by atoms with van der Waals surface area (Å²) in [6.45, 7) is 32.1. The van der Waals surface area contributed by atoms with Gasteiger partial charge in [0.2, 0.25) is 0 Å². The molecule has 170 valence electrons. The van der Waals surface area contributed by atoms with E-state index in [1.807, 2.05) is 140 Å². The van der Waals surface area contributed by atoms with Crippen molar-refractivity contribution in [2.75, 3.05) is 0 Å². The molecule has 2 rings (SSSR count). The van der Waals surface area contributed by atoms with Gasteiger partial charge in [0.05, 0.1) is 0 Å². The van der Waals surface area contributed by atoms with E-state index in [4.69, 9.17) is 0 Å². The molecule has 0 saturated heterocycles. The second-order valence-corrected chi connectivity index (χ2v) is 3.19. The van der Waals surface area contributed by atoms with Crippen LogP contribution in [0.1, 0.15) is 108 Å². The lowest BCUT2D eigenvalue weighted by Gasteiger charge is -1.82. The molecular weight excluding hydrogens is 338 g/mol. The van der Waals surface area contributed by atoms with Crippen molar-refractivity contribution in [3.05, 3.63) is 66.0 Å². The highest BCUT2D eigenvalue weighted by Gasteiger charge is 1.73. The maximum atomic E-state index is 3.88. The van der Waals surface area contributed by atoms with Gasteiger partial charge in [-0.05, 0) is 25.5 Å². The van der Waals surface area contributed by atoms with Gasteiger partial charge in [0.15, 0.2) is 0 Å². The third-order valence-corrected chi connectivity index (χ3v) is 1.75. The second kappa shape index (κ2) is 73.0. The molecule has 0 fully saturated rings. The van der Waals surface area contributed by atoms with Crippen LogP contribution in [0.15, 0.2) is 54.9 Å². The molecule has 1 aromatic heterocycles. The van der Waals surface area contributed by atoms with E-state index in [0.29, 0.717) is 0 Å². The van der Waals surface area contributed by atoms with E-state index in [-0.39, 0.29) is 0 Å². The van der Waals surface area contributed by atoms with Crippen LogP contribution in [0.4, 0.5) is 0 Å². The Morgan fingerprint density at radius 3 is 0.893 bits per heavy atom. The molecule has 1 heterocycles. The van der Waals surface area contributed by atoms with Gasteiger partial charge in [-0.25, -0.2) is 0 Å². The first-order chi connectivity index (χ1) is 13.8. The fourth-order valence-corrected chi connectivity index (χ4v) is 0.983. The van der Waals surface area contributed by atoms with Gasteiger partial charge in [0, 0.05) is 12.4 Å². The number of aryl methyl sites for hydroxylation is 2. The quantitative estimate of drug-likeness (QED) is 0.432. The highest BCUT2D eigenvalue weighted by atomic mass is 14.6. The summed E-state index contributed by atoms with van der Waals surface area (Å²) >= 11 is 0. The summed E-state index contributed by atoms with van der Waals surface area (Å²) in [4.78, 5) is 3.88. The fourth-order valence-electron chi connectivity index (χ4n) is 0.983. The molecule has 0 radical (unpaired) electrons. The Labute approximate surface area is 182 Å². The number of hydrogen-bond acceptors (Lipinski definition) is 1. The van der Waals surface area contributed by atoms with Crippen molar-refractivity contribution in [1.29, 1.82) is 0 Å². The number of nitrogens with zero attached hydrogens (tertiary/aromatic N) is 1. The molecule has 1 nitrogen and oxygen atoms in total. The SMILES string of the molecule is CC.CC.CC.CC.CC.CC.CC.Cc1ccccc1.Cc1cccnc1. The lowest BCUT2D eigenvalue weighted by Crippen LogP contribution is -1.69. The average molecular weight is 396 g/mol. The maximum absolute atomic E-state index is 3.88. The molecule has 28 heavy (non-hydrogen) atoms. The summed E-state index contributed by atoms with van der Waals surface area (Å²) in [6.07, 6.45) is 3.60. The fraction of sp³-hybridized carbons (Fsp3) is 0.593. The van der Waals surface area contributed by atoms with Crippen molar-refractivity contribution < 1.29 is 0 Å². The third-order valence-electron chi connectivity index (χ3n) is 1.75. The van der Waals surface area contributed by atoms with Crippen molar-refractivity contribution in [2.24, 2.45) is 0 Å². The molecule has 0 spiro atoms. The van der Waals surface area contributed by atoms with Crippen molar-refractivity contribution in [3.8, 4) is 0 Å². The van der Waals surface area contributed by atoms with E-state index in [2.05, 4.69) is 24.0 Å². The first kappa shape index (κ1) is 45.2. The van der Waals surface area contributed by atoms with E-state index in [9.17, 15) is 0 Å². The molecule has 0 aliphatic heterocycles. The zero-order valence-electron chi connectivity index (χ0n) is 22.6. The number of pyridine rings is 1. The smallest absolute Gasteiger partial charge is 0.0297 e. The molecule has 0 amide bonds. The third kappa shape index (κ3) is 64.5. The average Bonchev–Trinajstić information content (AvgIpc) is 2.84. The van der Waals surface area contributed by atoms with Crippen LogP contribution in [0.25, 0.3) is 0 Å². The normalized spacial score (nSPS) is 5.86. The van der Waals surface area contributed by atoms with Gasteiger partial charge in [-0.2, -0.15) is 0 Å². The summed E-state index contributed by atoms with van der Waals surface area (Å²) < 4.78 is 0. The molecule has 2 aromatic rings. The molecule has 1 aromatic carbocycles. The zero-order valence-corrected chi connectivity index (χ0v) is 22.6. The van der Waals surface area contributed by atoms with Crippen LogP contribution in [0, 0.1) is 13.8 Å². The van der Waals surface area contributed by atoms with Crippen LogP contribution in [-0.2, 0) is 0 Å². The van der Waals surface area contributed by atoms with Crippen LogP contribution >= 0.6 is 0 Å². The van der Waals surface area contributed by atoms with E-state index in [1.54, 1.807) is 6.20 Å². The van der Waals surface area contributed by atoms with Crippen LogP contribution in [0.2, 0.25) is 0 Å². The van der Waals surface area contributed by atoms with E-state index < -0.39 is 0 Å². The Morgan fingerprint density at radius 2 is 0.750 bits per heavy atom. The Hall–Kier alpha value is -1.63. The first-order valence-corrected chi connectivity index (χ1v) is 11.7. The summed E-state index contributed by atoms with van der Waals surface area (Å²) in [7, 11) is 0. The first-order valence-electron chi connectivity index (χ1n) is 11.7. The Kier molecular flexibility index (Phi) is 118. The van der Waals surface area contributed by atoms with E-state index in [1.165, 1.54) is 11.1 Å². The lowest BCUT2D eigenvalue weighted by molar-refractivity contribution is 1.27. The van der Waals surface area contributed by atoms with Crippen molar-refractivity contribution >= 4 is 0 Å². The molecular formula is C27H57N. The van der Waals surface area contributed by atoms with Gasteiger partial charge in [0.25, 0.3) is 0 Å². The van der Waals surface area contributed by atoms with E-state index >= 15 is 0 Å². The van der Waals surface area contributed by atoms with E-state index in [0.717, 1.165) is 0 Å². The molecule has 0 bridgehead atoms. The standard InChI is InChI=1S/C7H8.C6H7N.7C2H6/c1-7-5-3-2-4-6-7;1-6-3-2-4-7-5-6;7*1-2/h2-6H,1H3;2-5H,1H3;7*1-2H3. The number of aromatic nitrogens is 1. The molecule has 0 unspecified atom stereocenters. The lowest BCUT2D eigenvalue weighted by atomic mass is 10.2.